The topological polar surface area (TPSA) is 30.5 Å². The summed E-state index contributed by atoms with van der Waals surface area (Å²) >= 11 is 0. The molecule has 2 fully saturated rings. The smallest absolute Gasteiger partial charge is 0.0810 e. The van der Waals surface area contributed by atoms with Crippen LogP contribution in [0.2, 0.25) is 0 Å². The molecule has 118 valence electrons. The number of hydrogen-bond donors (Lipinski definition) is 1. The molecule has 0 heterocycles. The van der Waals surface area contributed by atoms with Crippen molar-refractivity contribution in [2.75, 3.05) is 26.4 Å². The van der Waals surface area contributed by atoms with Crippen molar-refractivity contribution in [3.8, 4) is 0 Å². The van der Waals surface area contributed by atoms with Gasteiger partial charge in [-0.15, -0.1) is 0 Å². The largest absolute Gasteiger partial charge is 0.379 e. The van der Waals surface area contributed by atoms with Gasteiger partial charge in [0.05, 0.1) is 18.8 Å². The first kappa shape index (κ1) is 16.3. The SMILES string of the molecule is CC(C)COCCOC1(CNC2CC2)CCCC(C)C1. The molecule has 2 rings (SSSR count). The van der Waals surface area contributed by atoms with E-state index in [1.54, 1.807) is 0 Å². The third-order valence-corrected chi connectivity index (χ3v) is 4.43. The van der Waals surface area contributed by atoms with Crippen molar-refractivity contribution in [2.24, 2.45) is 11.8 Å². The van der Waals surface area contributed by atoms with E-state index in [0.717, 1.165) is 38.3 Å². The summed E-state index contributed by atoms with van der Waals surface area (Å²) < 4.78 is 12.0. The molecule has 2 saturated carbocycles. The Hall–Kier alpha value is -0.120. The fourth-order valence-electron chi connectivity index (χ4n) is 3.21. The molecule has 2 atom stereocenters. The third kappa shape index (κ3) is 5.71. The Morgan fingerprint density at radius 1 is 1.20 bits per heavy atom. The van der Waals surface area contributed by atoms with Gasteiger partial charge in [0.15, 0.2) is 0 Å². The molecule has 0 aliphatic heterocycles. The van der Waals surface area contributed by atoms with Gasteiger partial charge >= 0.3 is 0 Å². The van der Waals surface area contributed by atoms with Crippen molar-refractivity contribution in [1.29, 1.82) is 0 Å². The Labute approximate surface area is 124 Å². The zero-order valence-electron chi connectivity index (χ0n) is 13.6. The van der Waals surface area contributed by atoms with Crippen molar-refractivity contribution >= 4 is 0 Å². The Bertz CT molecular complexity index is 278. The van der Waals surface area contributed by atoms with E-state index in [2.05, 4.69) is 26.1 Å². The Kier molecular flexibility index (Phi) is 6.31. The minimum atomic E-state index is 0.0709. The van der Waals surface area contributed by atoms with E-state index in [4.69, 9.17) is 9.47 Å². The summed E-state index contributed by atoms with van der Waals surface area (Å²) in [4.78, 5) is 0. The fourth-order valence-corrected chi connectivity index (χ4v) is 3.21. The molecule has 0 aromatic heterocycles. The van der Waals surface area contributed by atoms with Crippen LogP contribution in [0.1, 0.15) is 59.3 Å². The molecule has 2 aliphatic rings. The van der Waals surface area contributed by atoms with Gasteiger partial charge in [-0.1, -0.05) is 33.6 Å². The predicted octanol–water partition coefficient (Wildman–Crippen LogP) is 3.38. The number of nitrogens with one attached hydrogen (secondary N) is 1. The summed E-state index contributed by atoms with van der Waals surface area (Å²) in [7, 11) is 0. The van der Waals surface area contributed by atoms with E-state index < -0.39 is 0 Å². The van der Waals surface area contributed by atoms with Gasteiger partial charge in [0.1, 0.15) is 0 Å². The second kappa shape index (κ2) is 7.77. The van der Waals surface area contributed by atoms with Gasteiger partial charge in [-0.25, -0.2) is 0 Å². The number of hydrogen-bond acceptors (Lipinski definition) is 3. The van der Waals surface area contributed by atoms with Gasteiger partial charge < -0.3 is 14.8 Å². The van der Waals surface area contributed by atoms with Crippen LogP contribution in [0.25, 0.3) is 0 Å². The minimum absolute atomic E-state index is 0.0709. The van der Waals surface area contributed by atoms with Gasteiger partial charge in [0, 0.05) is 19.2 Å². The monoisotopic (exact) mass is 283 g/mol. The second-order valence-corrected chi connectivity index (χ2v) is 7.36. The van der Waals surface area contributed by atoms with Crippen LogP contribution < -0.4 is 5.32 Å². The first-order valence-electron chi connectivity index (χ1n) is 8.55. The van der Waals surface area contributed by atoms with Crippen LogP contribution in [0.3, 0.4) is 0 Å². The highest BCUT2D eigenvalue weighted by atomic mass is 16.5. The van der Waals surface area contributed by atoms with Gasteiger partial charge in [0.25, 0.3) is 0 Å². The summed E-state index contributed by atoms with van der Waals surface area (Å²) in [6, 6.07) is 0.768. The summed E-state index contributed by atoms with van der Waals surface area (Å²) in [6.45, 7) is 10.1. The number of ether oxygens (including phenoxy) is 2. The van der Waals surface area contributed by atoms with Crippen LogP contribution in [0, 0.1) is 11.8 Å². The maximum Gasteiger partial charge on any atom is 0.0810 e. The van der Waals surface area contributed by atoms with Crippen molar-refractivity contribution in [3.05, 3.63) is 0 Å². The molecule has 0 aromatic carbocycles. The molecule has 20 heavy (non-hydrogen) atoms. The van der Waals surface area contributed by atoms with Gasteiger partial charge in [0.2, 0.25) is 0 Å². The highest BCUT2D eigenvalue weighted by Crippen LogP contribution is 2.35. The third-order valence-electron chi connectivity index (χ3n) is 4.43. The standard InChI is InChI=1S/C17H33NO2/c1-14(2)12-19-9-10-20-17(13-18-16-6-7-16)8-4-5-15(3)11-17/h14-16,18H,4-13H2,1-3H3. The van der Waals surface area contributed by atoms with Crippen LogP contribution in [0.15, 0.2) is 0 Å². The maximum atomic E-state index is 6.31. The van der Waals surface area contributed by atoms with Crippen molar-refractivity contribution in [1.82, 2.24) is 5.32 Å². The van der Waals surface area contributed by atoms with E-state index in [0.29, 0.717) is 5.92 Å². The lowest BCUT2D eigenvalue weighted by atomic mass is 9.78. The summed E-state index contributed by atoms with van der Waals surface area (Å²) in [5.74, 6) is 1.40. The Balaban J connectivity index is 1.72. The first-order valence-corrected chi connectivity index (χ1v) is 8.55. The molecule has 0 radical (unpaired) electrons. The van der Waals surface area contributed by atoms with Crippen LogP contribution >= 0.6 is 0 Å². The molecule has 3 heteroatoms. The second-order valence-electron chi connectivity index (χ2n) is 7.36. The van der Waals surface area contributed by atoms with Gasteiger partial charge in [-0.2, -0.15) is 0 Å². The quantitative estimate of drug-likeness (QED) is 0.658. The van der Waals surface area contributed by atoms with Gasteiger partial charge in [-0.3, -0.25) is 0 Å². The molecule has 1 N–H and O–H groups in total. The van der Waals surface area contributed by atoms with E-state index in [1.165, 1.54) is 38.5 Å². The van der Waals surface area contributed by atoms with E-state index >= 15 is 0 Å². The summed E-state index contributed by atoms with van der Waals surface area (Å²) in [6.07, 6.45) is 7.78. The zero-order chi connectivity index (χ0) is 14.4. The average molecular weight is 283 g/mol. The van der Waals surface area contributed by atoms with Crippen LogP contribution in [-0.2, 0) is 9.47 Å². The van der Waals surface area contributed by atoms with E-state index in [1.807, 2.05) is 0 Å². The van der Waals surface area contributed by atoms with Crippen LogP contribution in [0.4, 0.5) is 0 Å². The summed E-state index contributed by atoms with van der Waals surface area (Å²) in [5, 5.41) is 3.68. The molecule has 3 nitrogen and oxygen atoms in total. The molecule has 2 unspecified atom stereocenters. The predicted molar refractivity (Wildman–Crippen MR) is 83.0 cm³/mol. The van der Waals surface area contributed by atoms with E-state index in [9.17, 15) is 0 Å². The lowest BCUT2D eigenvalue weighted by Gasteiger charge is -2.40. The molecule has 0 saturated heterocycles. The Morgan fingerprint density at radius 2 is 2.00 bits per heavy atom. The minimum Gasteiger partial charge on any atom is -0.379 e. The van der Waals surface area contributed by atoms with Crippen molar-refractivity contribution in [3.63, 3.8) is 0 Å². The summed E-state index contributed by atoms with van der Waals surface area (Å²) in [5.41, 5.74) is 0.0709. The lowest BCUT2D eigenvalue weighted by Crippen LogP contribution is -2.47. The molecular weight excluding hydrogens is 250 g/mol. The van der Waals surface area contributed by atoms with Gasteiger partial charge in [-0.05, 0) is 37.5 Å². The van der Waals surface area contributed by atoms with E-state index in [-0.39, 0.29) is 5.60 Å². The molecule has 2 aliphatic carbocycles. The normalized spacial score (nSPS) is 30.9. The lowest BCUT2D eigenvalue weighted by molar-refractivity contribution is -0.0966. The average Bonchev–Trinajstić information content (AvgIpc) is 3.20. The highest BCUT2D eigenvalue weighted by molar-refractivity contribution is 4.92. The maximum absolute atomic E-state index is 6.31. The first-order chi connectivity index (χ1) is 9.60. The fraction of sp³-hybridized carbons (Fsp3) is 1.00. The molecular formula is C17H33NO2. The number of rotatable bonds is 9. The molecule has 0 spiro atoms. The highest BCUT2D eigenvalue weighted by Gasteiger charge is 2.37. The zero-order valence-corrected chi connectivity index (χ0v) is 13.6. The van der Waals surface area contributed by atoms with Crippen molar-refractivity contribution < 1.29 is 9.47 Å². The molecule has 0 aromatic rings. The van der Waals surface area contributed by atoms with Crippen molar-refractivity contribution in [2.45, 2.75) is 70.9 Å². The van der Waals surface area contributed by atoms with Crippen LogP contribution in [-0.4, -0.2) is 38.0 Å². The Morgan fingerprint density at radius 3 is 2.65 bits per heavy atom. The molecule has 0 amide bonds. The van der Waals surface area contributed by atoms with Crippen LogP contribution in [0.5, 0.6) is 0 Å². The molecule has 0 bridgehead atoms.